The highest BCUT2D eigenvalue weighted by Gasteiger charge is 2.18. The third-order valence-electron chi connectivity index (χ3n) is 1.97. The molecule has 0 aromatic heterocycles. The summed E-state index contributed by atoms with van der Waals surface area (Å²) in [6.45, 7) is 23.3. The molecule has 0 N–H and O–H groups in total. The van der Waals surface area contributed by atoms with Crippen molar-refractivity contribution in [1.29, 1.82) is 0 Å². The van der Waals surface area contributed by atoms with E-state index >= 15 is 0 Å². The van der Waals surface area contributed by atoms with Crippen molar-refractivity contribution in [2.45, 2.75) is 89.5 Å². The fourth-order valence-corrected chi connectivity index (χ4v) is 2.87. The Bertz CT molecular complexity index is 423. The lowest BCUT2D eigenvalue weighted by Crippen LogP contribution is -2.04. The van der Waals surface area contributed by atoms with E-state index in [4.69, 9.17) is 0 Å². The minimum Gasteiger partial charge on any atom is -0.219 e. The van der Waals surface area contributed by atoms with Gasteiger partial charge in [0.05, 0.1) is 9.81 Å². The van der Waals surface area contributed by atoms with Crippen molar-refractivity contribution in [2.75, 3.05) is 0 Å². The summed E-state index contributed by atoms with van der Waals surface area (Å²) in [5, 5.41) is 0. The van der Waals surface area contributed by atoms with E-state index in [0.29, 0.717) is 16.2 Å². The maximum absolute atomic E-state index is 12.2. The molecule has 0 amide bonds. The minimum absolute atomic E-state index is 0.341. The van der Waals surface area contributed by atoms with Gasteiger partial charge in [-0.3, -0.25) is 0 Å². The van der Waals surface area contributed by atoms with Crippen molar-refractivity contribution in [3.63, 3.8) is 0 Å². The summed E-state index contributed by atoms with van der Waals surface area (Å²) in [6, 6.07) is 0. The fourth-order valence-electron chi connectivity index (χ4n) is 1.27. The topological polar surface area (TPSA) is 34.1 Å². The monoisotopic (exact) mass is 360 g/mol. The zero-order valence-electron chi connectivity index (χ0n) is 18.4. The minimum atomic E-state index is -3.35. The molecule has 0 rings (SSSR count). The lowest BCUT2D eigenvalue weighted by Gasteiger charge is -2.05. The Kier molecular flexibility index (Phi) is 42.7. The Morgan fingerprint density at radius 2 is 1.04 bits per heavy atom. The molecule has 0 atom stereocenters. The van der Waals surface area contributed by atoms with Gasteiger partial charge in [-0.05, 0) is 39.3 Å². The fraction of sp³-hybridized carbons (Fsp3) is 0.619. The van der Waals surface area contributed by atoms with E-state index in [1.54, 1.807) is 50.3 Å². The van der Waals surface area contributed by atoms with Crippen LogP contribution < -0.4 is 0 Å². The van der Waals surface area contributed by atoms with E-state index in [0.717, 1.165) is 0 Å². The molecule has 0 aromatic rings. The first-order valence-corrected chi connectivity index (χ1v) is 10.9. The van der Waals surface area contributed by atoms with Crippen LogP contribution in [-0.4, -0.2) is 8.42 Å². The van der Waals surface area contributed by atoms with Crippen molar-refractivity contribution in [2.24, 2.45) is 0 Å². The van der Waals surface area contributed by atoms with Gasteiger partial charge in [-0.15, -0.1) is 0 Å². The second kappa shape index (κ2) is 29.9. The molecule has 0 saturated heterocycles. The van der Waals surface area contributed by atoms with E-state index in [1.807, 2.05) is 69.2 Å². The predicted octanol–water partition coefficient (Wildman–Crippen LogP) is 7.86. The molecular weight excluding hydrogens is 316 g/mol. The molecule has 3 heteroatoms. The maximum Gasteiger partial charge on any atom is 0.205 e. The van der Waals surface area contributed by atoms with Crippen molar-refractivity contribution >= 4 is 9.84 Å². The summed E-state index contributed by atoms with van der Waals surface area (Å²) < 4.78 is 24.4. The summed E-state index contributed by atoms with van der Waals surface area (Å²) in [5.41, 5.74) is 0. The molecule has 24 heavy (non-hydrogen) atoms. The Morgan fingerprint density at radius 3 is 1.29 bits per heavy atom. The second-order valence-corrected chi connectivity index (χ2v) is 5.16. The molecule has 0 heterocycles. The SMILES string of the molecule is C/C=C\C(=C/C)S(=O)(=O)C(/C=C\C)=C/CC.CC.CC.CC.CC. The zero-order valence-corrected chi connectivity index (χ0v) is 19.2. The molecule has 0 aliphatic rings. The van der Waals surface area contributed by atoms with Crippen LogP contribution in [0.5, 0.6) is 0 Å². The third-order valence-corrected chi connectivity index (χ3v) is 3.89. The van der Waals surface area contributed by atoms with Gasteiger partial charge in [0.2, 0.25) is 9.84 Å². The number of allylic oxidation sites excluding steroid dienone is 6. The Balaban J connectivity index is -0.000000130. The van der Waals surface area contributed by atoms with Gasteiger partial charge in [0.25, 0.3) is 0 Å². The number of hydrogen-bond acceptors (Lipinski definition) is 2. The Morgan fingerprint density at radius 1 is 0.708 bits per heavy atom. The summed E-state index contributed by atoms with van der Waals surface area (Å²) in [6.07, 6.45) is 10.7. The third kappa shape index (κ3) is 17.3. The van der Waals surface area contributed by atoms with Gasteiger partial charge in [0.1, 0.15) is 0 Å². The highest BCUT2D eigenvalue weighted by atomic mass is 32.2. The van der Waals surface area contributed by atoms with Crippen molar-refractivity contribution in [1.82, 2.24) is 0 Å². The molecule has 0 aromatic carbocycles. The van der Waals surface area contributed by atoms with Crippen LogP contribution in [0.1, 0.15) is 89.5 Å². The maximum atomic E-state index is 12.2. The summed E-state index contributed by atoms with van der Waals surface area (Å²) in [5.74, 6) is 0. The first kappa shape index (κ1) is 34.3. The standard InChI is InChI=1S/C13H20O2S.4C2H6/c1-5-9-12(8-4)16(14,15)13(10-6-2)11-7-3;4*1-2/h5-6,8-11H,7H2,1-4H3;4*1-2H3/b9-5-,10-6-,12-8+,13-11+;;;;. The molecule has 2 nitrogen and oxygen atoms in total. The van der Waals surface area contributed by atoms with Crippen molar-refractivity contribution in [3.05, 3.63) is 46.3 Å². The van der Waals surface area contributed by atoms with Gasteiger partial charge in [-0.1, -0.05) is 86.6 Å². The normalized spacial score (nSPS) is 11.2. The van der Waals surface area contributed by atoms with Crippen LogP contribution in [0, 0.1) is 0 Å². The first-order chi connectivity index (χ1) is 11.5. The molecule has 0 aliphatic carbocycles. The first-order valence-electron chi connectivity index (χ1n) is 9.41. The van der Waals surface area contributed by atoms with E-state index in [2.05, 4.69) is 0 Å². The van der Waals surface area contributed by atoms with Crippen LogP contribution in [0.2, 0.25) is 0 Å². The summed E-state index contributed by atoms with van der Waals surface area (Å²) >= 11 is 0. The zero-order chi connectivity index (χ0) is 20.6. The van der Waals surface area contributed by atoms with Crippen molar-refractivity contribution in [3.8, 4) is 0 Å². The summed E-state index contributed by atoms with van der Waals surface area (Å²) in [7, 11) is -3.35. The van der Waals surface area contributed by atoms with Gasteiger partial charge in [0.15, 0.2) is 0 Å². The Labute approximate surface area is 154 Å². The van der Waals surface area contributed by atoms with Crippen LogP contribution >= 0.6 is 0 Å². The Hall–Kier alpha value is -1.09. The van der Waals surface area contributed by atoms with Crippen LogP contribution in [0.15, 0.2) is 46.3 Å². The molecule has 0 aliphatic heterocycles. The lowest BCUT2D eigenvalue weighted by molar-refractivity contribution is 0.609. The van der Waals surface area contributed by atoms with Gasteiger partial charge in [-0.25, -0.2) is 8.42 Å². The highest BCUT2D eigenvalue weighted by Crippen LogP contribution is 2.20. The summed E-state index contributed by atoms with van der Waals surface area (Å²) in [4.78, 5) is 0.705. The molecule has 0 spiro atoms. The van der Waals surface area contributed by atoms with E-state index in [-0.39, 0.29) is 0 Å². The molecule has 0 fully saturated rings. The molecule has 0 unspecified atom stereocenters. The molecular formula is C21H44O2S. The van der Waals surface area contributed by atoms with Gasteiger partial charge < -0.3 is 0 Å². The van der Waals surface area contributed by atoms with E-state index in [9.17, 15) is 8.42 Å². The average Bonchev–Trinajstić information content (AvgIpc) is 2.66. The molecule has 0 radical (unpaired) electrons. The molecule has 0 bridgehead atoms. The lowest BCUT2D eigenvalue weighted by atomic mass is 10.4. The number of sulfone groups is 1. The number of hydrogen-bond donors (Lipinski definition) is 0. The molecule has 0 saturated carbocycles. The quantitative estimate of drug-likeness (QED) is 0.468. The second-order valence-electron chi connectivity index (χ2n) is 3.21. The van der Waals surface area contributed by atoms with Crippen LogP contribution in [0.3, 0.4) is 0 Å². The van der Waals surface area contributed by atoms with Crippen LogP contribution in [0.25, 0.3) is 0 Å². The number of rotatable bonds is 5. The van der Waals surface area contributed by atoms with Gasteiger partial charge in [0, 0.05) is 0 Å². The van der Waals surface area contributed by atoms with E-state index in [1.165, 1.54) is 0 Å². The molecule has 146 valence electrons. The van der Waals surface area contributed by atoms with Gasteiger partial charge in [-0.2, -0.15) is 0 Å². The van der Waals surface area contributed by atoms with Gasteiger partial charge >= 0.3 is 0 Å². The van der Waals surface area contributed by atoms with Crippen molar-refractivity contribution < 1.29 is 8.42 Å². The predicted molar refractivity (Wildman–Crippen MR) is 116 cm³/mol. The van der Waals surface area contributed by atoms with E-state index < -0.39 is 9.84 Å². The smallest absolute Gasteiger partial charge is 0.205 e. The van der Waals surface area contributed by atoms with Crippen LogP contribution in [-0.2, 0) is 9.84 Å². The highest BCUT2D eigenvalue weighted by molar-refractivity contribution is 7.99. The average molecular weight is 361 g/mol. The largest absolute Gasteiger partial charge is 0.219 e. The van der Waals surface area contributed by atoms with Crippen LogP contribution in [0.4, 0.5) is 0 Å².